The number of benzene rings is 1. The summed E-state index contributed by atoms with van der Waals surface area (Å²) in [4.78, 5) is 26.8. The molecule has 2 N–H and O–H groups in total. The number of carboxylic acids is 1. The van der Waals surface area contributed by atoms with Crippen molar-refractivity contribution in [2.24, 2.45) is 0 Å². The van der Waals surface area contributed by atoms with Crippen LogP contribution in [0.4, 0.5) is 5.69 Å². The van der Waals surface area contributed by atoms with Gasteiger partial charge in [0.05, 0.1) is 11.1 Å². The van der Waals surface area contributed by atoms with E-state index in [2.05, 4.69) is 10.3 Å². The number of amides is 1. The standard InChI is InChI=1S/C14H12N2O3/c1-9-11(14(18)19)5-2-6-12(9)16-13(17)10-4-3-7-15-8-10/h2-8H,1H3,(H,16,17)(H,18,19). The van der Waals surface area contributed by atoms with Crippen LogP contribution in [0.5, 0.6) is 0 Å². The van der Waals surface area contributed by atoms with Crippen LogP contribution in [0.25, 0.3) is 0 Å². The maximum atomic E-state index is 11.9. The topological polar surface area (TPSA) is 79.3 Å². The van der Waals surface area contributed by atoms with Crippen LogP contribution in [0, 0.1) is 6.92 Å². The predicted molar refractivity (Wildman–Crippen MR) is 70.3 cm³/mol. The summed E-state index contributed by atoms with van der Waals surface area (Å²) in [5.74, 6) is -1.34. The molecule has 0 unspecified atom stereocenters. The second kappa shape index (κ2) is 5.30. The molecule has 1 amide bonds. The number of nitrogens with zero attached hydrogens (tertiary/aromatic N) is 1. The molecule has 0 aliphatic heterocycles. The van der Waals surface area contributed by atoms with Gasteiger partial charge < -0.3 is 10.4 Å². The Balaban J connectivity index is 2.27. The van der Waals surface area contributed by atoms with Crippen LogP contribution in [0.15, 0.2) is 42.7 Å². The van der Waals surface area contributed by atoms with Crippen molar-refractivity contribution in [3.05, 3.63) is 59.4 Å². The summed E-state index contributed by atoms with van der Waals surface area (Å²) >= 11 is 0. The second-order valence-corrected chi connectivity index (χ2v) is 3.98. The van der Waals surface area contributed by atoms with Gasteiger partial charge in [-0.1, -0.05) is 6.07 Å². The third-order valence-electron chi connectivity index (χ3n) is 2.74. The Bertz CT molecular complexity index is 624. The highest BCUT2D eigenvalue weighted by Gasteiger charge is 2.12. The minimum Gasteiger partial charge on any atom is -0.478 e. The third-order valence-corrected chi connectivity index (χ3v) is 2.74. The van der Waals surface area contributed by atoms with Crippen molar-refractivity contribution in [2.75, 3.05) is 5.32 Å². The largest absolute Gasteiger partial charge is 0.478 e. The fourth-order valence-corrected chi connectivity index (χ4v) is 1.69. The van der Waals surface area contributed by atoms with Gasteiger partial charge in [-0.3, -0.25) is 9.78 Å². The van der Waals surface area contributed by atoms with Gasteiger partial charge in [0, 0.05) is 18.1 Å². The van der Waals surface area contributed by atoms with E-state index in [4.69, 9.17) is 5.11 Å². The maximum absolute atomic E-state index is 11.9. The van der Waals surface area contributed by atoms with Gasteiger partial charge in [0.15, 0.2) is 0 Å². The van der Waals surface area contributed by atoms with Crippen molar-refractivity contribution < 1.29 is 14.7 Å². The van der Waals surface area contributed by atoms with Crippen LogP contribution in [-0.2, 0) is 0 Å². The number of hydrogen-bond acceptors (Lipinski definition) is 3. The lowest BCUT2D eigenvalue weighted by Gasteiger charge is -2.10. The Morgan fingerprint density at radius 1 is 1.21 bits per heavy atom. The van der Waals surface area contributed by atoms with E-state index < -0.39 is 5.97 Å². The zero-order valence-electron chi connectivity index (χ0n) is 10.3. The summed E-state index contributed by atoms with van der Waals surface area (Å²) in [6.45, 7) is 1.66. The molecule has 2 rings (SSSR count). The van der Waals surface area contributed by atoms with E-state index in [0.29, 0.717) is 16.8 Å². The summed E-state index contributed by atoms with van der Waals surface area (Å²) < 4.78 is 0. The Morgan fingerprint density at radius 2 is 2.00 bits per heavy atom. The van der Waals surface area contributed by atoms with E-state index in [1.165, 1.54) is 12.3 Å². The molecule has 0 saturated heterocycles. The number of nitrogens with one attached hydrogen (secondary N) is 1. The molecule has 19 heavy (non-hydrogen) atoms. The molecule has 0 spiro atoms. The number of aromatic carboxylic acids is 1. The third kappa shape index (κ3) is 2.77. The highest BCUT2D eigenvalue weighted by molar-refractivity contribution is 6.05. The van der Waals surface area contributed by atoms with Crippen molar-refractivity contribution >= 4 is 17.6 Å². The first-order chi connectivity index (χ1) is 9.09. The van der Waals surface area contributed by atoms with E-state index in [-0.39, 0.29) is 11.5 Å². The number of hydrogen-bond donors (Lipinski definition) is 2. The number of carbonyl (C=O) groups is 2. The Hall–Kier alpha value is -2.69. The van der Waals surface area contributed by atoms with Crippen LogP contribution in [0.1, 0.15) is 26.3 Å². The molecule has 0 saturated carbocycles. The molecule has 1 aromatic carbocycles. The summed E-state index contributed by atoms with van der Waals surface area (Å²) in [7, 11) is 0. The van der Waals surface area contributed by atoms with E-state index >= 15 is 0 Å². The molecule has 1 aromatic heterocycles. The second-order valence-electron chi connectivity index (χ2n) is 3.98. The molecule has 0 fully saturated rings. The molecule has 1 heterocycles. The average Bonchev–Trinajstić information content (AvgIpc) is 2.41. The molecule has 5 nitrogen and oxygen atoms in total. The minimum absolute atomic E-state index is 0.170. The molecular formula is C14H12N2O3. The van der Waals surface area contributed by atoms with Crippen LogP contribution >= 0.6 is 0 Å². The van der Waals surface area contributed by atoms with Gasteiger partial charge in [0.1, 0.15) is 0 Å². The van der Waals surface area contributed by atoms with Gasteiger partial charge in [0.2, 0.25) is 0 Å². The summed E-state index contributed by atoms with van der Waals surface area (Å²) in [5.41, 5.74) is 1.59. The van der Waals surface area contributed by atoms with Gasteiger partial charge in [-0.25, -0.2) is 4.79 Å². The number of pyridine rings is 1. The van der Waals surface area contributed by atoms with Crippen molar-refractivity contribution in [3.8, 4) is 0 Å². The lowest BCUT2D eigenvalue weighted by Crippen LogP contribution is -2.14. The quantitative estimate of drug-likeness (QED) is 0.883. The summed E-state index contributed by atoms with van der Waals surface area (Å²) in [5, 5.41) is 11.7. The van der Waals surface area contributed by atoms with Crippen LogP contribution in [0.3, 0.4) is 0 Å². The SMILES string of the molecule is Cc1c(NC(=O)c2cccnc2)cccc1C(=O)O. The number of aromatic nitrogens is 1. The van der Waals surface area contributed by atoms with Gasteiger partial charge in [0.25, 0.3) is 5.91 Å². The Labute approximate surface area is 109 Å². The van der Waals surface area contributed by atoms with E-state index in [1.54, 1.807) is 37.4 Å². The molecule has 0 aliphatic carbocycles. The van der Waals surface area contributed by atoms with E-state index in [1.807, 2.05) is 0 Å². The predicted octanol–water partition coefficient (Wildman–Crippen LogP) is 2.34. The van der Waals surface area contributed by atoms with E-state index in [0.717, 1.165) is 0 Å². The number of carboxylic acid groups (broad SMARTS) is 1. The maximum Gasteiger partial charge on any atom is 0.336 e. The molecule has 2 aromatic rings. The molecule has 0 atom stereocenters. The van der Waals surface area contributed by atoms with Crippen molar-refractivity contribution in [2.45, 2.75) is 6.92 Å². The number of anilines is 1. The highest BCUT2D eigenvalue weighted by Crippen LogP contribution is 2.19. The van der Waals surface area contributed by atoms with Crippen LogP contribution < -0.4 is 5.32 Å². The monoisotopic (exact) mass is 256 g/mol. The summed E-state index contributed by atoms with van der Waals surface area (Å²) in [6.07, 6.45) is 3.03. The first kappa shape index (κ1) is 12.8. The van der Waals surface area contributed by atoms with Gasteiger partial charge in [-0.2, -0.15) is 0 Å². The molecular weight excluding hydrogens is 244 g/mol. The molecule has 96 valence electrons. The smallest absolute Gasteiger partial charge is 0.336 e. The van der Waals surface area contributed by atoms with Gasteiger partial charge in [-0.15, -0.1) is 0 Å². The Kier molecular flexibility index (Phi) is 3.56. The fraction of sp³-hybridized carbons (Fsp3) is 0.0714. The first-order valence-electron chi connectivity index (χ1n) is 5.64. The molecule has 5 heteroatoms. The average molecular weight is 256 g/mol. The van der Waals surface area contributed by atoms with Crippen molar-refractivity contribution in [1.82, 2.24) is 4.98 Å². The van der Waals surface area contributed by atoms with Crippen molar-refractivity contribution in [1.29, 1.82) is 0 Å². The normalized spacial score (nSPS) is 9.95. The zero-order valence-corrected chi connectivity index (χ0v) is 10.3. The van der Waals surface area contributed by atoms with Gasteiger partial charge >= 0.3 is 5.97 Å². The Morgan fingerprint density at radius 3 is 2.63 bits per heavy atom. The fourth-order valence-electron chi connectivity index (χ4n) is 1.69. The molecule has 0 aliphatic rings. The number of carbonyl (C=O) groups excluding carboxylic acids is 1. The van der Waals surface area contributed by atoms with Crippen LogP contribution in [-0.4, -0.2) is 22.0 Å². The van der Waals surface area contributed by atoms with Crippen LogP contribution in [0.2, 0.25) is 0 Å². The first-order valence-corrected chi connectivity index (χ1v) is 5.64. The van der Waals surface area contributed by atoms with Crippen molar-refractivity contribution in [3.63, 3.8) is 0 Å². The zero-order chi connectivity index (χ0) is 13.8. The lowest BCUT2D eigenvalue weighted by molar-refractivity contribution is 0.0695. The lowest BCUT2D eigenvalue weighted by atomic mass is 10.1. The van der Waals surface area contributed by atoms with Gasteiger partial charge in [-0.05, 0) is 36.8 Å². The summed E-state index contributed by atoms with van der Waals surface area (Å²) in [6, 6.07) is 8.05. The highest BCUT2D eigenvalue weighted by atomic mass is 16.4. The number of rotatable bonds is 3. The van der Waals surface area contributed by atoms with E-state index in [9.17, 15) is 9.59 Å². The molecule has 0 radical (unpaired) electrons. The molecule has 0 bridgehead atoms. The minimum atomic E-state index is -1.02.